The molecular weight excluding hydrogens is 991 g/mol. The number of rotatable bonds is 51. The minimum Gasteiger partial charge on any atom is -0.394 e. The molecule has 2 aliphatic rings. The number of amides is 1. The lowest BCUT2D eigenvalue weighted by Crippen LogP contribution is -2.65. The van der Waals surface area contributed by atoms with Crippen molar-refractivity contribution in [3.8, 4) is 0 Å². The van der Waals surface area contributed by atoms with Crippen LogP contribution in [-0.2, 0) is 23.7 Å². The molecule has 2 heterocycles. The summed E-state index contributed by atoms with van der Waals surface area (Å²) in [7, 11) is 0. The van der Waals surface area contributed by atoms with Gasteiger partial charge in [0.15, 0.2) is 12.6 Å². The lowest BCUT2D eigenvalue weighted by molar-refractivity contribution is -0.359. The van der Waals surface area contributed by atoms with Gasteiger partial charge in [0.25, 0.3) is 0 Å². The van der Waals surface area contributed by atoms with Gasteiger partial charge in [-0.3, -0.25) is 4.79 Å². The normalized spacial score (nSPS) is 24.8. The number of nitrogens with one attached hydrogen (secondary N) is 1. The van der Waals surface area contributed by atoms with Crippen molar-refractivity contribution in [1.29, 1.82) is 0 Å². The average Bonchev–Trinajstić information content (AvgIpc) is 3.48. The van der Waals surface area contributed by atoms with Gasteiger partial charge < -0.3 is 65.1 Å². The van der Waals surface area contributed by atoms with E-state index in [-0.39, 0.29) is 18.9 Å². The van der Waals surface area contributed by atoms with Crippen LogP contribution < -0.4 is 5.32 Å². The smallest absolute Gasteiger partial charge is 0.220 e. The van der Waals surface area contributed by atoms with Crippen LogP contribution in [0.15, 0.2) is 48.6 Å². The molecule has 2 saturated heterocycles. The Morgan fingerprint density at radius 1 is 0.462 bits per heavy atom. The van der Waals surface area contributed by atoms with E-state index >= 15 is 0 Å². The van der Waals surface area contributed by atoms with Crippen LogP contribution in [0, 0.1) is 0 Å². The van der Waals surface area contributed by atoms with E-state index in [1.807, 2.05) is 6.08 Å². The molecule has 2 aliphatic heterocycles. The summed E-state index contributed by atoms with van der Waals surface area (Å²) in [5, 5.41) is 87.2. The van der Waals surface area contributed by atoms with Crippen LogP contribution in [-0.4, -0.2) is 140 Å². The highest BCUT2D eigenvalue weighted by Crippen LogP contribution is 2.30. The highest BCUT2D eigenvalue weighted by molar-refractivity contribution is 5.76. The highest BCUT2D eigenvalue weighted by atomic mass is 16.7. The standard InChI is InChI=1S/C64H117NO13/c1-3-5-7-9-11-13-15-17-19-21-23-25-26-28-29-31-33-35-37-39-41-43-45-47-53(68)52(51-75-63-61(74)59(72)62(55(50-67)77-63)78-64-60(73)58(71)57(70)54(49-66)76-64)65-56(69)48-46-44-42-40-38-36-34-32-30-27-24-22-20-18-16-14-12-10-8-6-4-2/h16,18,22,24,37,39,45,47,52-55,57-64,66-68,70-74H,3-15,17,19-21,23,25-36,38,40-44,46,48-51H2,1-2H3,(H,65,69)/b18-16-,24-22-,39-37+,47-45+. The van der Waals surface area contributed by atoms with E-state index in [0.717, 1.165) is 44.9 Å². The first-order chi connectivity index (χ1) is 38.1. The number of hydrogen-bond donors (Lipinski definition) is 9. The summed E-state index contributed by atoms with van der Waals surface area (Å²) >= 11 is 0. The molecule has 12 unspecified atom stereocenters. The average molecular weight is 1110 g/mol. The summed E-state index contributed by atoms with van der Waals surface area (Å²) in [4.78, 5) is 13.3. The topological polar surface area (TPSA) is 228 Å². The van der Waals surface area contributed by atoms with Crippen molar-refractivity contribution >= 4 is 5.91 Å². The molecule has 78 heavy (non-hydrogen) atoms. The summed E-state index contributed by atoms with van der Waals surface area (Å²) in [5.74, 6) is -0.252. The Morgan fingerprint density at radius 2 is 0.859 bits per heavy atom. The van der Waals surface area contributed by atoms with Gasteiger partial charge in [0, 0.05) is 6.42 Å². The zero-order chi connectivity index (χ0) is 56.7. The second-order valence-electron chi connectivity index (χ2n) is 22.5. The fourth-order valence-corrected chi connectivity index (χ4v) is 10.3. The van der Waals surface area contributed by atoms with E-state index in [2.05, 4.69) is 55.6 Å². The molecule has 0 spiro atoms. The number of carbonyl (C=O) groups is 1. The second kappa shape index (κ2) is 49.5. The van der Waals surface area contributed by atoms with Crippen molar-refractivity contribution in [2.24, 2.45) is 0 Å². The summed E-state index contributed by atoms with van der Waals surface area (Å²) < 4.78 is 22.8. The van der Waals surface area contributed by atoms with Crippen molar-refractivity contribution in [3.63, 3.8) is 0 Å². The van der Waals surface area contributed by atoms with E-state index in [0.29, 0.717) is 12.8 Å². The minimum absolute atomic E-state index is 0.252. The quantitative estimate of drug-likeness (QED) is 0.0204. The van der Waals surface area contributed by atoms with Gasteiger partial charge in [-0.1, -0.05) is 236 Å². The van der Waals surface area contributed by atoms with Gasteiger partial charge in [-0.25, -0.2) is 0 Å². The Bertz CT molecular complexity index is 1490. The van der Waals surface area contributed by atoms with Gasteiger partial charge in [0.1, 0.15) is 48.8 Å². The molecule has 2 rings (SSSR count). The van der Waals surface area contributed by atoms with Gasteiger partial charge in [0.05, 0.1) is 32.0 Å². The zero-order valence-corrected chi connectivity index (χ0v) is 49.2. The molecule has 14 nitrogen and oxygen atoms in total. The number of aliphatic hydroxyl groups is 8. The fourth-order valence-electron chi connectivity index (χ4n) is 10.3. The predicted molar refractivity (Wildman–Crippen MR) is 314 cm³/mol. The zero-order valence-electron chi connectivity index (χ0n) is 49.2. The number of allylic oxidation sites excluding steroid dienone is 7. The maximum atomic E-state index is 13.3. The molecule has 0 saturated carbocycles. The Hall–Kier alpha value is -2.05. The number of hydrogen-bond acceptors (Lipinski definition) is 13. The first-order valence-electron chi connectivity index (χ1n) is 31.9. The first kappa shape index (κ1) is 72.1. The number of ether oxygens (including phenoxy) is 4. The van der Waals surface area contributed by atoms with Crippen LogP contribution >= 0.6 is 0 Å². The fraction of sp³-hybridized carbons (Fsp3) is 0.859. The van der Waals surface area contributed by atoms with Crippen LogP contribution in [0.25, 0.3) is 0 Å². The van der Waals surface area contributed by atoms with Crippen LogP contribution in [0.3, 0.4) is 0 Å². The van der Waals surface area contributed by atoms with Gasteiger partial charge in [-0.2, -0.15) is 0 Å². The SMILES string of the molecule is CCCCCCC/C=C\C/C=C\CCCCCCCCCCCC(=O)NC(COC1OC(CO)C(OC2OC(CO)C(O)C(O)C2O)C(O)C1O)C(O)/C=C/CC/C=C/CCCCCCCCCCCCCCCCCCC. The summed E-state index contributed by atoms with van der Waals surface area (Å²) in [6.07, 6.45) is 45.8. The number of carbonyl (C=O) groups excluding carboxylic acids is 1. The summed E-state index contributed by atoms with van der Waals surface area (Å²) in [6.45, 7) is 2.79. The van der Waals surface area contributed by atoms with Gasteiger partial charge in [0.2, 0.25) is 5.91 Å². The monoisotopic (exact) mass is 1110 g/mol. The third-order valence-electron chi connectivity index (χ3n) is 15.5. The molecule has 14 heteroatoms. The molecule has 0 aromatic rings. The van der Waals surface area contributed by atoms with Crippen molar-refractivity contribution in [3.05, 3.63) is 48.6 Å². The van der Waals surface area contributed by atoms with Crippen molar-refractivity contribution in [2.45, 2.75) is 331 Å². The van der Waals surface area contributed by atoms with Gasteiger partial charge in [-0.15, -0.1) is 0 Å². The summed E-state index contributed by atoms with van der Waals surface area (Å²) in [6, 6.07) is -0.935. The Balaban J connectivity index is 1.76. The van der Waals surface area contributed by atoms with Gasteiger partial charge in [-0.05, 0) is 64.2 Å². The molecule has 12 atom stereocenters. The lowest BCUT2D eigenvalue weighted by Gasteiger charge is -2.46. The van der Waals surface area contributed by atoms with E-state index in [4.69, 9.17) is 18.9 Å². The molecule has 0 aliphatic carbocycles. The molecule has 0 aromatic carbocycles. The molecule has 9 N–H and O–H groups in total. The molecule has 0 bridgehead atoms. The first-order valence-corrected chi connectivity index (χ1v) is 31.9. The maximum Gasteiger partial charge on any atom is 0.220 e. The van der Waals surface area contributed by atoms with E-state index in [1.165, 1.54) is 180 Å². The van der Waals surface area contributed by atoms with Crippen LogP contribution in [0.5, 0.6) is 0 Å². The van der Waals surface area contributed by atoms with E-state index in [1.54, 1.807) is 6.08 Å². The van der Waals surface area contributed by atoms with Crippen LogP contribution in [0.4, 0.5) is 0 Å². The number of unbranched alkanes of at least 4 members (excludes halogenated alkanes) is 32. The molecule has 0 radical (unpaired) electrons. The maximum absolute atomic E-state index is 13.3. The molecule has 1 amide bonds. The van der Waals surface area contributed by atoms with Crippen molar-refractivity contribution < 1.29 is 64.6 Å². The molecule has 456 valence electrons. The molecular formula is C64H117NO13. The van der Waals surface area contributed by atoms with Crippen molar-refractivity contribution in [1.82, 2.24) is 5.32 Å². The van der Waals surface area contributed by atoms with Gasteiger partial charge >= 0.3 is 0 Å². The Morgan fingerprint density at radius 3 is 1.33 bits per heavy atom. The predicted octanol–water partition coefficient (Wildman–Crippen LogP) is 11.6. The third kappa shape index (κ3) is 34.4. The Kier molecular flexibility index (Phi) is 45.8. The van der Waals surface area contributed by atoms with Crippen LogP contribution in [0.2, 0.25) is 0 Å². The van der Waals surface area contributed by atoms with E-state index in [9.17, 15) is 45.6 Å². The second-order valence-corrected chi connectivity index (χ2v) is 22.5. The number of aliphatic hydroxyl groups excluding tert-OH is 8. The lowest BCUT2D eigenvalue weighted by atomic mass is 9.97. The minimum atomic E-state index is -1.79. The largest absolute Gasteiger partial charge is 0.394 e. The Labute approximate surface area is 473 Å². The van der Waals surface area contributed by atoms with Crippen LogP contribution in [0.1, 0.15) is 258 Å². The van der Waals surface area contributed by atoms with E-state index < -0.39 is 86.8 Å². The summed E-state index contributed by atoms with van der Waals surface area (Å²) in [5.41, 5.74) is 0. The van der Waals surface area contributed by atoms with Crippen molar-refractivity contribution in [2.75, 3.05) is 19.8 Å². The molecule has 2 fully saturated rings. The highest BCUT2D eigenvalue weighted by Gasteiger charge is 2.51. The molecule has 0 aromatic heterocycles. The third-order valence-corrected chi connectivity index (χ3v) is 15.5.